The van der Waals surface area contributed by atoms with Crippen LogP contribution in [0.1, 0.15) is 24.8 Å². The van der Waals surface area contributed by atoms with Gasteiger partial charge in [-0.1, -0.05) is 42.1 Å². The largest absolute Gasteiger partial charge is 0.378 e. The third-order valence-electron chi connectivity index (χ3n) is 6.15. The predicted molar refractivity (Wildman–Crippen MR) is 158 cm³/mol. The van der Waals surface area contributed by atoms with Crippen LogP contribution in [0.2, 0.25) is 0 Å². The number of hydrogen-bond donors (Lipinski definition) is 4. The van der Waals surface area contributed by atoms with Crippen LogP contribution < -0.4 is 21.8 Å². The fourth-order valence-electron chi connectivity index (χ4n) is 4.13. The standard InChI is InChI=1S/C27H32N8OS2/c1-35(38-36-34-23-5-3-13-29-18-23)24-6-2-4-21(11-12-24)33-27-30-16-20(17-31-27)8-7-19-9-10-22-15-25(14-19)37-26(28)32-22/h2,6-12,14-17,23,25,29,34H,3-5,13,18H2,1H3,(H2,28,32)(H,30,31,33)/b8-7+. The van der Waals surface area contributed by atoms with E-state index in [-0.39, 0.29) is 5.25 Å². The lowest BCUT2D eigenvalue weighted by molar-refractivity contribution is 0.163. The van der Waals surface area contributed by atoms with Crippen LogP contribution in [0.4, 0.5) is 5.95 Å². The van der Waals surface area contributed by atoms with Crippen LogP contribution in [0.25, 0.3) is 6.08 Å². The Bertz CT molecular complexity index is 1240. The highest BCUT2D eigenvalue weighted by Gasteiger charge is 2.15. The summed E-state index contributed by atoms with van der Waals surface area (Å²) < 4.78 is 7.63. The number of nitrogens with zero attached hydrogens (tertiary/aromatic N) is 4. The van der Waals surface area contributed by atoms with Gasteiger partial charge in [0.15, 0.2) is 5.17 Å². The number of amidine groups is 1. The lowest BCUT2D eigenvalue weighted by Crippen LogP contribution is -2.42. The van der Waals surface area contributed by atoms with E-state index in [9.17, 15) is 0 Å². The molecule has 198 valence electrons. The van der Waals surface area contributed by atoms with E-state index in [4.69, 9.17) is 10.0 Å². The van der Waals surface area contributed by atoms with Gasteiger partial charge in [-0.2, -0.15) is 5.48 Å². The lowest BCUT2D eigenvalue weighted by Gasteiger charge is -2.24. The van der Waals surface area contributed by atoms with Crippen molar-refractivity contribution in [2.45, 2.75) is 30.6 Å². The SMILES string of the molecule is CN(SONC1CCCNC1)C1=CC=C(Nc2ncc(/C=C/C3=CC4C=C(C=C3)N=C(N)S4)cn2)CC=C1. The second-order valence-corrected chi connectivity index (χ2v) is 11.2. The van der Waals surface area contributed by atoms with Gasteiger partial charge < -0.3 is 16.4 Å². The van der Waals surface area contributed by atoms with Crippen LogP contribution in [0, 0.1) is 0 Å². The second kappa shape index (κ2) is 13.1. The Morgan fingerprint density at radius 3 is 2.92 bits per heavy atom. The van der Waals surface area contributed by atoms with Gasteiger partial charge in [-0.25, -0.2) is 19.2 Å². The maximum absolute atomic E-state index is 5.90. The molecule has 2 aliphatic carbocycles. The summed E-state index contributed by atoms with van der Waals surface area (Å²) in [4.78, 5) is 13.3. The number of rotatable bonds is 9. The number of thioether (sulfide) groups is 1. The zero-order valence-electron chi connectivity index (χ0n) is 21.2. The Balaban J connectivity index is 1.12. The molecule has 3 heterocycles. The van der Waals surface area contributed by atoms with Crippen molar-refractivity contribution in [2.75, 3.05) is 25.5 Å². The first-order valence-corrected chi connectivity index (χ1v) is 14.2. The molecule has 2 aliphatic heterocycles. The second-order valence-electron chi connectivity index (χ2n) is 9.13. The first kappa shape index (κ1) is 26.5. The molecular weight excluding hydrogens is 516 g/mol. The molecule has 1 saturated heterocycles. The molecule has 2 unspecified atom stereocenters. The summed E-state index contributed by atoms with van der Waals surface area (Å²) in [6.07, 6.45) is 27.3. The molecule has 2 bridgehead atoms. The van der Waals surface area contributed by atoms with Gasteiger partial charge in [0.2, 0.25) is 5.95 Å². The number of fused-ring (bicyclic) bond motifs is 1. The molecule has 0 aromatic carbocycles. The zero-order chi connectivity index (χ0) is 26.2. The fourth-order valence-corrected chi connectivity index (χ4v) is 5.50. The minimum absolute atomic E-state index is 0.193. The summed E-state index contributed by atoms with van der Waals surface area (Å²) in [7, 11) is 1.98. The van der Waals surface area contributed by atoms with Crippen molar-refractivity contribution < 1.29 is 4.28 Å². The summed E-state index contributed by atoms with van der Waals surface area (Å²) in [6, 6.07) is 0.345. The molecule has 11 heteroatoms. The van der Waals surface area contributed by atoms with Crippen molar-refractivity contribution in [1.82, 2.24) is 25.1 Å². The van der Waals surface area contributed by atoms with E-state index < -0.39 is 0 Å². The molecule has 4 aliphatic rings. The van der Waals surface area contributed by atoms with Crippen LogP contribution >= 0.6 is 24.0 Å². The maximum Gasteiger partial charge on any atom is 0.226 e. The van der Waals surface area contributed by atoms with Gasteiger partial charge in [-0.3, -0.25) is 4.31 Å². The van der Waals surface area contributed by atoms with Gasteiger partial charge in [0.1, 0.15) is 12.2 Å². The highest BCUT2D eigenvalue weighted by atomic mass is 32.2. The van der Waals surface area contributed by atoms with Crippen LogP contribution in [0.15, 0.2) is 94.7 Å². The fraction of sp³-hybridized carbons (Fsp3) is 0.296. The van der Waals surface area contributed by atoms with E-state index in [1.807, 2.05) is 48.1 Å². The highest BCUT2D eigenvalue weighted by molar-refractivity contribution is 8.14. The molecule has 1 aromatic heterocycles. The minimum Gasteiger partial charge on any atom is -0.378 e. The van der Waals surface area contributed by atoms with Crippen LogP contribution in [-0.2, 0) is 4.28 Å². The van der Waals surface area contributed by atoms with Crippen molar-refractivity contribution in [1.29, 1.82) is 0 Å². The van der Waals surface area contributed by atoms with Gasteiger partial charge in [-0.15, -0.1) is 0 Å². The molecule has 5 N–H and O–H groups in total. The van der Waals surface area contributed by atoms with Gasteiger partial charge in [0.05, 0.1) is 10.9 Å². The third kappa shape index (κ3) is 7.71. The van der Waals surface area contributed by atoms with Gasteiger partial charge in [0, 0.05) is 55.4 Å². The van der Waals surface area contributed by atoms with E-state index in [2.05, 4.69) is 67.5 Å². The van der Waals surface area contributed by atoms with Crippen LogP contribution in [0.5, 0.6) is 0 Å². The number of allylic oxidation sites excluding steroid dienone is 8. The van der Waals surface area contributed by atoms with Crippen LogP contribution in [0.3, 0.4) is 0 Å². The zero-order valence-corrected chi connectivity index (χ0v) is 22.8. The summed E-state index contributed by atoms with van der Waals surface area (Å²) in [5.41, 5.74) is 14.0. The Morgan fingerprint density at radius 1 is 1.18 bits per heavy atom. The summed E-state index contributed by atoms with van der Waals surface area (Å²) in [6.45, 7) is 2.02. The first-order chi connectivity index (χ1) is 18.6. The number of hydrogen-bond acceptors (Lipinski definition) is 11. The topological polar surface area (TPSA) is 113 Å². The summed E-state index contributed by atoms with van der Waals surface area (Å²) in [5.74, 6) is 0.562. The average molecular weight is 549 g/mol. The number of anilines is 1. The summed E-state index contributed by atoms with van der Waals surface area (Å²) in [5, 5.41) is 7.49. The van der Waals surface area contributed by atoms with Crippen molar-refractivity contribution in [2.24, 2.45) is 10.7 Å². The minimum atomic E-state index is 0.193. The first-order valence-electron chi connectivity index (χ1n) is 12.6. The quantitative estimate of drug-likeness (QED) is 0.203. The highest BCUT2D eigenvalue weighted by Crippen LogP contribution is 2.27. The van der Waals surface area contributed by atoms with E-state index in [1.54, 1.807) is 11.8 Å². The number of piperidine rings is 1. The number of nitrogens with two attached hydrogens (primary N) is 1. The maximum atomic E-state index is 5.90. The monoisotopic (exact) mass is 548 g/mol. The van der Waals surface area contributed by atoms with Crippen LogP contribution in [-0.4, -0.2) is 50.9 Å². The molecule has 38 heavy (non-hydrogen) atoms. The van der Waals surface area contributed by atoms with Crippen molar-refractivity contribution in [3.05, 3.63) is 95.3 Å². The number of nitrogens with one attached hydrogen (secondary N) is 3. The van der Waals surface area contributed by atoms with E-state index >= 15 is 0 Å². The summed E-state index contributed by atoms with van der Waals surface area (Å²) >= 11 is 2.83. The average Bonchev–Trinajstić information content (AvgIpc) is 3.24. The molecule has 5 rings (SSSR count). The van der Waals surface area contributed by atoms with Gasteiger partial charge >= 0.3 is 0 Å². The number of aliphatic imine (C=N–C) groups is 1. The van der Waals surface area contributed by atoms with Crippen molar-refractivity contribution in [3.63, 3.8) is 0 Å². The Morgan fingerprint density at radius 2 is 2.08 bits per heavy atom. The molecule has 0 spiro atoms. The Kier molecular flexibility index (Phi) is 9.15. The third-order valence-corrected chi connectivity index (χ3v) is 7.64. The van der Waals surface area contributed by atoms with E-state index in [0.717, 1.165) is 54.2 Å². The molecule has 0 amide bonds. The molecule has 2 atom stereocenters. The normalized spacial score (nSPS) is 23.0. The Hall–Kier alpha value is -3.09. The molecule has 9 nitrogen and oxygen atoms in total. The predicted octanol–water partition coefficient (Wildman–Crippen LogP) is 4.21. The van der Waals surface area contributed by atoms with Gasteiger partial charge in [-0.05, 0) is 55.3 Å². The van der Waals surface area contributed by atoms with Gasteiger partial charge in [0.25, 0.3) is 0 Å². The van der Waals surface area contributed by atoms with Crippen molar-refractivity contribution in [3.8, 4) is 0 Å². The molecule has 1 aromatic rings. The van der Waals surface area contributed by atoms with E-state index in [0.29, 0.717) is 17.2 Å². The molecule has 0 saturated carbocycles. The smallest absolute Gasteiger partial charge is 0.226 e. The molecular formula is C27H32N8OS2. The molecule has 1 fully saturated rings. The number of aromatic nitrogens is 2. The number of hydroxylamine groups is 1. The van der Waals surface area contributed by atoms with Crippen molar-refractivity contribution >= 4 is 41.2 Å². The van der Waals surface area contributed by atoms with E-state index in [1.165, 1.54) is 18.6 Å². The lowest BCUT2D eigenvalue weighted by atomic mass is 10.1. The Labute approximate surface area is 232 Å². The number of likely N-dealkylation sites (N-methyl/N-ethyl adjacent to an activating group) is 1. The molecule has 0 radical (unpaired) electrons.